The number of benzene rings is 1. The topological polar surface area (TPSA) is 149 Å². The molecule has 0 spiro atoms. The van der Waals surface area contributed by atoms with Gasteiger partial charge in [0.2, 0.25) is 17.7 Å². The number of nitrogens with one attached hydrogen (secondary N) is 5. The minimum Gasteiger partial charge on any atom is -0.508 e. The Labute approximate surface area is 247 Å². The number of aromatic hydroxyl groups is 1. The van der Waals surface area contributed by atoms with Crippen LogP contribution in [0, 0.1) is 0 Å². The third kappa shape index (κ3) is 13.1. The molecule has 0 aliphatic carbocycles. The van der Waals surface area contributed by atoms with Gasteiger partial charge in [-0.2, -0.15) is 11.8 Å². The molecule has 6 N–H and O–H groups in total. The van der Waals surface area contributed by atoms with Gasteiger partial charge in [-0.3, -0.25) is 14.4 Å². The first-order valence-electron chi connectivity index (χ1n) is 15.2. The van der Waals surface area contributed by atoms with Crippen LogP contribution in [0.2, 0.25) is 0 Å². The summed E-state index contributed by atoms with van der Waals surface area (Å²) in [7, 11) is 0. The van der Waals surface area contributed by atoms with Gasteiger partial charge in [0.25, 0.3) is 0 Å². The maximum atomic E-state index is 12.1. The van der Waals surface area contributed by atoms with E-state index in [0.717, 1.165) is 75.5 Å². The van der Waals surface area contributed by atoms with Gasteiger partial charge in [-0.25, -0.2) is 4.79 Å². The van der Waals surface area contributed by atoms with Gasteiger partial charge in [0.1, 0.15) is 5.75 Å². The van der Waals surface area contributed by atoms with Gasteiger partial charge in [-0.15, -0.1) is 0 Å². The summed E-state index contributed by atoms with van der Waals surface area (Å²) in [4.78, 5) is 47.5. The van der Waals surface area contributed by atoms with E-state index in [2.05, 4.69) is 26.6 Å². The van der Waals surface area contributed by atoms with Gasteiger partial charge in [0.15, 0.2) is 0 Å². The molecule has 2 aliphatic heterocycles. The van der Waals surface area contributed by atoms with Gasteiger partial charge in [0.05, 0.1) is 12.1 Å². The van der Waals surface area contributed by atoms with Crippen molar-refractivity contribution in [2.24, 2.45) is 0 Å². The van der Waals surface area contributed by atoms with Crippen LogP contribution in [0.5, 0.6) is 5.75 Å². The second kappa shape index (κ2) is 18.5. The van der Waals surface area contributed by atoms with Crippen molar-refractivity contribution in [3.63, 3.8) is 0 Å². The lowest BCUT2D eigenvalue weighted by molar-refractivity contribution is -0.122. The van der Waals surface area contributed by atoms with Crippen molar-refractivity contribution in [1.29, 1.82) is 0 Å². The third-order valence-electron chi connectivity index (χ3n) is 7.56. The number of hydrogen-bond donors (Lipinski definition) is 6. The Bertz CT molecular complexity index is 977. The summed E-state index contributed by atoms with van der Waals surface area (Å²) in [5, 5.41) is 24.5. The average Bonchev–Trinajstić information content (AvgIpc) is 3.50. The predicted octanol–water partition coefficient (Wildman–Crippen LogP) is 3.13. The van der Waals surface area contributed by atoms with E-state index in [4.69, 9.17) is 0 Å². The van der Waals surface area contributed by atoms with Crippen LogP contribution in [0.15, 0.2) is 24.3 Å². The highest BCUT2D eigenvalue weighted by atomic mass is 32.2. The number of amides is 5. The molecule has 0 saturated carbocycles. The summed E-state index contributed by atoms with van der Waals surface area (Å²) >= 11 is 1.90. The van der Waals surface area contributed by atoms with Crippen molar-refractivity contribution >= 4 is 35.5 Å². The fraction of sp³-hybridized carbons (Fsp3) is 0.667. The molecule has 3 atom stereocenters. The second-order valence-electron chi connectivity index (χ2n) is 11.0. The van der Waals surface area contributed by atoms with Crippen LogP contribution >= 0.6 is 11.8 Å². The largest absolute Gasteiger partial charge is 0.508 e. The molecule has 2 saturated heterocycles. The van der Waals surface area contributed by atoms with E-state index in [1.807, 2.05) is 23.9 Å². The Morgan fingerprint density at radius 3 is 1.93 bits per heavy atom. The predicted molar refractivity (Wildman–Crippen MR) is 162 cm³/mol. The molecule has 0 bridgehead atoms. The first-order chi connectivity index (χ1) is 19.9. The van der Waals surface area contributed by atoms with E-state index < -0.39 is 0 Å². The smallest absolute Gasteiger partial charge is 0.315 e. The zero-order chi connectivity index (χ0) is 29.3. The fourth-order valence-electron chi connectivity index (χ4n) is 5.18. The maximum absolute atomic E-state index is 12.1. The van der Waals surface area contributed by atoms with Crippen molar-refractivity contribution in [3.8, 4) is 5.75 Å². The number of rotatable bonds is 20. The normalized spacial score (nSPS) is 19.2. The van der Waals surface area contributed by atoms with Crippen LogP contribution in [0.3, 0.4) is 0 Å². The highest BCUT2D eigenvalue weighted by Gasteiger charge is 2.42. The van der Waals surface area contributed by atoms with Crippen molar-refractivity contribution in [2.45, 2.75) is 101 Å². The molecular weight excluding hydrogens is 542 g/mol. The highest BCUT2D eigenvalue weighted by Crippen LogP contribution is 2.33. The van der Waals surface area contributed by atoms with Gasteiger partial charge in [-0.1, -0.05) is 31.4 Å². The SMILES string of the molecule is O=C(CCCCCNC(=O)CCCCC1SCC2NC(=O)NC21)NCCCCCC(=O)NCCc1ccc(O)cc1. The molecule has 3 rings (SSSR count). The number of fused-ring (bicyclic) bond motifs is 1. The standard InChI is InChI=1S/C30H47N5O5S/c36-23-15-13-22(14-16-23)17-20-33-28(39)11-4-2-8-18-31-26(37)10-3-1-7-19-32-27(38)12-6-5-9-25-29-24(21-41-25)34-30(40)35-29/h13-16,24-25,29,36H,1-12,17-21H2,(H,31,37)(H,32,38)(H,33,39)(H2,34,35,40). The number of unbranched alkanes of at least 4 members (excludes halogenated alkanes) is 5. The molecule has 1 aromatic rings. The number of phenols is 1. The molecule has 0 radical (unpaired) electrons. The highest BCUT2D eigenvalue weighted by molar-refractivity contribution is 8.00. The minimum absolute atomic E-state index is 0.0414. The van der Waals surface area contributed by atoms with E-state index in [9.17, 15) is 24.3 Å². The van der Waals surface area contributed by atoms with Crippen LogP contribution in [0.25, 0.3) is 0 Å². The Hall–Kier alpha value is -2.95. The van der Waals surface area contributed by atoms with Gasteiger partial charge < -0.3 is 31.7 Å². The number of phenolic OH excluding ortho intramolecular Hbond substituents is 1. The van der Waals surface area contributed by atoms with E-state index in [-0.39, 0.29) is 41.6 Å². The van der Waals surface area contributed by atoms with Crippen molar-refractivity contribution in [1.82, 2.24) is 26.6 Å². The summed E-state index contributed by atoms with van der Waals surface area (Å²) in [5.41, 5.74) is 1.07. The van der Waals surface area contributed by atoms with Crippen molar-refractivity contribution in [2.75, 3.05) is 25.4 Å². The number of hydrogen-bond acceptors (Lipinski definition) is 6. The summed E-state index contributed by atoms with van der Waals surface area (Å²) in [6.45, 7) is 1.85. The summed E-state index contributed by atoms with van der Waals surface area (Å²) < 4.78 is 0. The Kier molecular flexibility index (Phi) is 14.7. The molecule has 41 heavy (non-hydrogen) atoms. The van der Waals surface area contributed by atoms with Gasteiger partial charge in [-0.05, 0) is 62.6 Å². The zero-order valence-corrected chi connectivity index (χ0v) is 24.9. The number of urea groups is 1. The lowest BCUT2D eigenvalue weighted by Crippen LogP contribution is -2.36. The number of carbonyl (C=O) groups excluding carboxylic acids is 4. The van der Waals surface area contributed by atoms with E-state index in [1.54, 1.807) is 12.1 Å². The molecule has 2 aliphatic rings. The second-order valence-corrected chi connectivity index (χ2v) is 12.2. The molecule has 5 amide bonds. The van der Waals surface area contributed by atoms with E-state index in [0.29, 0.717) is 44.1 Å². The van der Waals surface area contributed by atoms with Crippen LogP contribution in [0.4, 0.5) is 4.79 Å². The first kappa shape index (κ1) is 32.6. The van der Waals surface area contributed by atoms with Crippen LogP contribution in [0.1, 0.15) is 82.6 Å². The molecular formula is C30H47N5O5S. The van der Waals surface area contributed by atoms with Crippen LogP contribution in [-0.4, -0.2) is 71.6 Å². The Morgan fingerprint density at radius 2 is 1.32 bits per heavy atom. The van der Waals surface area contributed by atoms with E-state index in [1.165, 1.54) is 0 Å². The fourth-order valence-corrected chi connectivity index (χ4v) is 6.72. The summed E-state index contributed by atoms with van der Waals surface area (Å²) in [6, 6.07) is 7.40. The zero-order valence-electron chi connectivity index (χ0n) is 24.1. The van der Waals surface area contributed by atoms with Crippen LogP contribution in [-0.2, 0) is 20.8 Å². The molecule has 1 aromatic carbocycles. The third-order valence-corrected chi connectivity index (χ3v) is 9.07. The van der Waals surface area contributed by atoms with Crippen molar-refractivity contribution < 1.29 is 24.3 Å². The Balaban J connectivity index is 1.05. The monoisotopic (exact) mass is 589 g/mol. The quantitative estimate of drug-likeness (QED) is 0.102. The summed E-state index contributed by atoms with van der Waals surface area (Å²) in [5.74, 6) is 1.38. The van der Waals surface area contributed by atoms with Crippen LogP contribution < -0.4 is 26.6 Å². The molecule has 10 nitrogen and oxygen atoms in total. The molecule has 228 valence electrons. The maximum Gasteiger partial charge on any atom is 0.315 e. The summed E-state index contributed by atoms with van der Waals surface area (Å²) in [6.07, 6.45) is 10.2. The molecule has 3 unspecified atom stereocenters. The lowest BCUT2D eigenvalue weighted by atomic mass is 10.0. The first-order valence-corrected chi connectivity index (χ1v) is 16.2. The number of thioether (sulfide) groups is 1. The van der Waals surface area contributed by atoms with Gasteiger partial charge >= 0.3 is 6.03 Å². The molecule has 2 fully saturated rings. The van der Waals surface area contributed by atoms with Gasteiger partial charge in [0, 0.05) is 49.9 Å². The Morgan fingerprint density at radius 1 is 0.756 bits per heavy atom. The average molecular weight is 590 g/mol. The minimum atomic E-state index is -0.0595. The molecule has 2 heterocycles. The number of carbonyl (C=O) groups is 4. The van der Waals surface area contributed by atoms with Crippen molar-refractivity contribution in [3.05, 3.63) is 29.8 Å². The molecule has 11 heteroatoms. The lowest BCUT2D eigenvalue weighted by Gasteiger charge is -2.16. The molecule has 0 aromatic heterocycles. The van der Waals surface area contributed by atoms with E-state index >= 15 is 0 Å².